The number of carbonyl (C=O) groups excluding carboxylic acids is 1. The molecule has 0 amide bonds. The molecule has 120 valence electrons. The summed E-state index contributed by atoms with van der Waals surface area (Å²) in [4.78, 5) is 11.8. The fourth-order valence-electron chi connectivity index (χ4n) is 2.49. The molecule has 0 unspecified atom stereocenters. The lowest BCUT2D eigenvalue weighted by atomic mass is 9.78. The monoisotopic (exact) mass is 319 g/mol. The Morgan fingerprint density at radius 3 is 1.95 bits per heavy atom. The van der Waals surface area contributed by atoms with Gasteiger partial charge in [-0.2, -0.15) is 0 Å². The minimum atomic E-state index is -0.166. The van der Waals surface area contributed by atoms with E-state index in [1.807, 2.05) is 18.2 Å². The smallest absolute Gasteiger partial charge is 0.236 e. The van der Waals surface area contributed by atoms with Gasteiger partial charge < -0.3 is 10.4 Å². The number of carbonyl (C=O) groups is 1. The van der Waals surface area contributed by atoms with Crippen molar-refractivity contribution in [2.24, 2.45) is 0 Å². The normalized spacial score (nSPS) is 17.9. The van der Waals surface area contributed by atoms with E-state index in [1.54, 1.807) is 0 Å². The van der Waals surface area contributed by atoms with Gasteiger partial charge in [0.25, 0.3) is 0 Å². The number of thioether (sulfide) groups is 1. The molecule has 0 aliphatic carbocycles. The highest BCUT2D eigenvalue weighted by Gasteiger charge is 2.26. The first-order chi connectivity index (χ1) is 10.00. The van der Waals surface area contributed by atoms with Crippen molar-refractivity contribution in [2.45, 2.75) is 52.4 Å². The number of hydrogen-bond acceptors (Lipinski definition) is 4. The molecule has 0 aromatic heterocycles. The first kappa shape index (κ1) is 16.9. The van der Waals surface area contributed by atoms with Crippen molar-refractivity contribution < 1.29 is 9.90 Å². The SMILES string of the molecule is CC(C)(C)c1cc(C=C2NCSC2=O)cc(C(C)(C)C)c1O. The summed E-state index contributed by atoms with van der Waals surface area (Å²) < 4.78 is 0. The van der Waals surface area contributed by atoms with E-state index in [2.05, 4.69) is 46.9 Å². The van der Waals surface area contributed by atoms with Crippen molar-refractivity contribution in [3.63, 3.8) is 0 Å². The molecule has 1 aromatic carbocycles. The van der Waals surface area contributed by atoms with E-state index in [9.17, 15) is 9.90 Å². The molecule has 1 heterocycles. The summed E-state index contributed by atoms with van der Waals surface area (Å²) >= 11 is 1.28. The zero-order chi connectivity index (χ0) is 16.7. The van der Waals surface area contributed by atoms with Gasteiger partial charge in [0, 0.05) is 11.1 Å². The van der Waals surface area contributed by atoms with Crippen LogP contribution in [0, 0.1) is 0 Å². The highest BCUT2D eigenvalue weighted by atomic mass is 32.2. The van der Waals surface area contributed by atoms with Crippen molar-refractivity contribution in [1.82, 2.24) is 5.32 Å². The summed E-state index contributed by atoms with van der Waals surface area (Å²) in [5.41, 5.74) is 3.07. The van der Waals surface area contributed by atoms with Crippen molar-refractivity contribution >= 4 is 23.0 Å². The Bertz CT molecular complexity index is 598. The number of phenolic OH excluding ortho intramolecular Hbond substituents is 1. The molecular formula is C18H25NO2S. The molecule has 1 aliphatic heterocycles. The molecule has 0 spiro atoms. The molecule has 1 fully saturated rings. The van der Waals surface area contributed by atoms with Crippen LogP contribution in [0.5, 0.6) is 5.75 Å². The van der Waals surface area contributed by atoms with Crippen LogP contribution in [0.1, 0.15) is 58.2 Å². The Kier molecular flexibility index (Phi) is 4.35. The van der Waals surface area contributed by atoms with Gasteiger partial charge in [-0.1, -0.05) is 53.3 Å². The van der Waals surface area contributed by atoms with Gasteiger partial charge in [0.2, 0.25) is 5.12 Å². The Balaban J connectivity index is 2.63. The molecule has 0 bridgehead atoms. The van der Waals surface area contributed by atoms with Crippen molar-refractivity contribution in [3.8, 4) is 5.75 Å². The number of nitrogens with one attached hydrogen (secondary N) is 1. The van der Waals surface area contributed by atoms with E-state index in [1.165, 1.54) is 11.8 Å². The van der Waals surface area contributed by atoms with Crippen LogP contribution in [-0.2, 0) is 15.6 Å². The van der Waals surface area contributed by atoms with Crippen LogP contribution in [0.2, 0.25) is 0 Å². The highest BCUT2D eigenvalue weighted by Crippen LogP contribution is 2.40. The van der Waals surface area contributed by atoms with Gasteiger partial charge in [-0.15, -0.1) is 0 Å². The first-order valence-electron chi connectivity index (χ1n) is 7.51. The van der Waals surface area contributed by atoms with E-state index in [0.29, 0.717) is 17.3 Å². The lowest BCUT2D eigenvalue weighted by Gasteiger charge is -2.28. The van der Waals surface area contributed by atoms with Gasteiger partial charge in [0.05, 0.1) is 11.6 Å². The summed E-state index contributed by atoms with van der Waals surface area (Å²) in [5, 5.41) is 13.9. The molecule has 4 heteroatoms. The zero-order valence-electron chi connectivity index (χ0n) is 14.2. The summed E-state index contributed by atoms with van der Waals surface area (Å²) in [6.45, 7) is 12.5. The van der Waals surface area contributed by atoms with E-state index in [4.69, 9.17) is 0 Å². The highest BCUT2D eigenvalue weighted by molar-refractivity contribution is 8.14. The Hall–Kier alpha value is -1.42. The number of rotatable bonds is 1. The fraction of sp³-hybridized carbons (Fsp3) is 0.500. The van der Waals surface area contributed by atoms with E-state index < -0.39 is 0 Å². The standard InChI is InChI=1S/C18H25NO2S/c1-17(2,3)12-7-11(9-14-16(21)22-10-19-14)8-13(15(12)20)18(4,5)6/h7-9,19-20H,10H2,1-6H3. The summed E-state index contributed by atoms with van der Waals surface area (Å²) in [7, 11) is 0. The van der Waals surface area contributed by atoms with Gasteiger partial charge in [-0.05, 0) is 34.6 Å². The predicted octanol–water partition coefficient (Wildman–Crippen LogP) is 4.15. The molecule has 0 atom stereocenters. The number of phenols is 1. The van der Waals surface area contributed by atoms with E-state index in [0.717, 1.165) is 16.7 Å². The number of benzene rings is 1. The molecule has 2 N–H and O–H groups in total. The number of hydrogen-bond donors (Lipinski definition) is 2. The third-order valence-electron chi connectivity index (χ3n) is 3.75. The lowest BCUT2D eigenvalue weighted by molar-refractivity contribution is -0.107. The fourth-order valence-corrected chi connectivity index (χ4v) is 3.13. The van der Waals surface area contributed by atoms with Crippen LogP contribution in [0.15, 0.2) is 17.8 Å². The van der Waals surface area contributed by atoms with Crippen LogP contribution < -0.4 is 5.32 Å². The molecular weight excluding hydrogens is 294 g/mol. The third-order valence-corrected chi connectivity index (χ3v) is 4.52. The third kappa shape index (κ3) is 3.49. The second kappa shape index (κ2) is 5.65. The van der Waals surface area contributed by atoms with Gasteiger partial charge in [0.1, 0.15) is 5.75 Å². The maximum atomic E-state index is 11.8. The largest absolute Gasteiger partial charge is 0.507 e. The lowest BCUT2D eigenvalue weighted by Crippen LogP contribution is -2.17. The molecule has 1 saturated heterocycles. The minimum absolute atomic E-state index is 0.0719. The predicted molar refractivity (Wildman–Crippen MR) is 94.1 cm³/mol. The molecule has 2 rings (SSSR count). The van der Waals surface area contributed by atoms with Gasteiger partial charge in [0.15, 0.2) is 0 Å². The minimum Gasteiger partial charge on any atom is -0.507 e. The summed E-state index contributed by atoms with van der Waals surface area (Å²) in [6.07, 6.45) is 1.88. The van der Waals surface area contributed by atoms with Crippen molar-refractivity contribution in [3.05, 3.63) is 34.5 Å². The summed E-state index contributed by atoms with van der Waals surface area (Å²) in [5.74, 6) is 0.989. The van der Waals surface area contributed by atoms with Crippen LogP contribution in [0.4, 0.5) is 0 Å². The Morgan fingerprint density at radius 2 is 1.59 bits per heavy atom. The Morgan fingerprint density at radius 1 is 1.09 bits per heavy atom. The molecule has 1 aromatic rings. The van der Waals surface area contributed by atoms with Crippen molar-refractivity contribution in [1.29, 1.82) is 0 Å². The average molecular weight is 319 g/mol. The Labute approximate surface area is 137 Å². The van der Waals surface area contributed by atoms with Crippen molar-refractivity contribution in [2.75, 3.05) is 5.88 Å². The molecule has 1 aliphatic rings. The summed E-state index contributed by atoms with van der Waals surface area (Å²) in [6, 6.07) is 3.96. The van der Waals surface area contributed by atoms with Crippen LogP contribution in [0.3, 0.4) is 0 Å². The van der Waals surface area contributed by atoms with Crippen LogP contribution >= 0.6 is 11.8 Å². The topological polar surface area (TPSA) is 49.3 Å². The maximum absolute atomic E-state index is 11.8. The quantitative estimate of drug-likeness (QED) is 0.764. The van der Waals surface area contributed by atoms with Gasteiger partial charge >= 0.3 is 0 Å². The van der Waals surface area contributed by atoms with Crippen LogP contribution in [-0.4, -0.2) is 16.1 Å². The molecule has 0 saturated carbocycles. The molecule has 22 heavy (non-hydrogen) atoms. The maximum Gasteiger partial charge on any atom is 0.236 e. The number of aromatic hydroxyl groups is 1. The zero-order valence-corrected chi connectivity index (χ0v) is 15.0. The second-order valence-corrected chi connectivity index (χ2v) is 8.72. The average Bonchev–Trinajstić information content (AvgIpc) is 2.74. The second-order valence-electron chi connectivity index (χ2n) is 7.78. The first-order valence-corrected chi connectivity index (χ1v) is 8.49. The molecule has 3 nitrogen and oxygen atoms in total. The van der Waals surface area contributed by atoms with Gasteiger partial charge in [-0.3, -0.25) is 4.79 Å². The molecule has 0 radical (unpaired) electrons. The van der Waals surface area contributed by atoms with Gasteiger partial charge in [-0.25, -0.2) is 0 Å². The van der Waals surface area contributed by atoms with Crippen LogP contribution in [0.25, 0.3) is 6.08 Å². The van der Waals surface area contributed by atoms with E-state index in [-0.39, 0.29) is 15.9 Å². The van der Waals surface area contributed by atoms with E-state index >= 15 is 0 Å².